The standard InChI is InChI=1S/C24H18N2O4/c1-3-30-24(28)21-19-8-6-4-5-7-18(19)20-22(21)26(14-15(13-25)23(20)27)16-9-11-17(29-2)12-10-16/h4-12,14H,3H2,1-2H3. The van der Waals surface area contributed by atoms with Crippen LogP contribution >= 0.6 is 0 Å². The number of aromatic nitrogens is 1. The van der Waals surface area contributed by atoms with Gasteiger partial charge in [-0.25, -0.2) is 4.79 Å². The number of esters is 1. The van der Waals surface area contributed by atoms with Crippen molar-refractivity contribution in [3.05, 3.63) is 82.1 Å². The molecule has 0 spiro atoms. The first kappa shape index (κ1) is 19.2. The van der Waals surface area contributed by atoms with Crippen molar-refractivity contribution in [1.29, 1.82) is 5.26 Å². The van der Waals surface area contributed by atoms with Crippen LogP contribution in [0.1, 0.15) is 22.8 Å². The summed E-state index contributed by atoms with van der Waals surface area (Å²) >= 11 is 0. The average molecular weight is 398 g/mol. The molecule has 0 saturated heterocycles. The molecule has 2 aliphatic carbocycles. The van der Waals surface area contributed by atoms with Crippen LogP contribution < -0.4 is 10.2 Å². The molecular weight excluding hydrogens is 380 g/mol. The summed E-state index contributed by atoms with van der Waals surface area (Å²) in [6.45, 7) is 1.94. The number of hydrogen-bond donors (Lipinski definition) is 0. The fraction of sp³-hybridized carbons (Fsp3) is 0.125. The molecule has 0 fully saturated rings. The van der Waals surface area contributed by atoms with Crippen LogP contribution in [0, 0.1) is 11.3 Å². The summed E-state index contributed by atoms with van der Waals surface area (Å²) in [6, 6.07) is 18.1. The minimum absolute atomic E-state index is 0.00728. The smallest absolute Gasteiger partial charge is 0.340 e. The third-order valence-electron chi connectivity index (χ3n) is 4.97. The van der Waals surface area contributed by atoms with Crippen LogP contribution in [0.2, 0.25) is 0 Å². The van der Waals surface area contributed by atoms with Gasteiger partial charge in [-0.2, -0.15) is 5.26 Å². The number of ether oxygens (including phenoxy) is 2. The van der Waals surface area contributed by atoms with Gasteiger partial charge < -0.3 is 14.0 Å². The summed E-state index contributed by atoms with van der Waals surface area (Å²) < 4.78 is 12.2. The molecule has 6 heteroatoms. The quantitative estimate of drug-likeness (QED) is 0.482. The lowest BCUT2D eigenvalue weighted by Crippen LogP contribution is -2.13. The van der Waals surface area contributed by atoms with E-state index in [0.29, 0.717) is 39.0 Å². The number of carbonyl (C=O) groups excluding carboxylic acids is 1. The molecule has 0 saturated carbocycles. The molecule has 0 bridgehead atoms. The molecule has 0 atom stereocenters. The van der Waals surface area contributed by atoms with E-state index in [1.54, 1.807) is 67.1 Å². The Labute approximate surface area is 172 Å². The molecule has 0 aliphatic heterocycles. The Morgan fingerprint density at radius 2 is 1.77 bits per heavy atom. The zero-order valence-electron chi connectivity index (χ0n) is 16.5. The number of methoxy groups -OCH3 is 1. The molecule has 4 rings (SSSR count). The molecule has 1 aromatic carbocycles. The second-order valence-electron chi connectivity index (χ2n) is 6.61. The zero-order chi connectivity index (χ0) is 21.3. The Bertz CT molecular complexity index is 1330. The Hall–Kier alpha value is -4.11. The number of carbonyl (C=O) groups is 1. The summed E-state index contributed by atoms with van der Waals surface area (Å²) in [7, 11) is 1.57. The lowest BCUT2D eigenvalue weighted by Gasteiger charge is -2.12. The van der Waals surface area contributed by atoms with Crippen molar-refractivity contribution in [2.75, 3.05) is 13.7 Å². The van der Waals surface area contributed by atoms with Crippen LogP contribution in [0.15, 0.2) is 65.6 Å². The predicted molar refractivity (Wildman–Crippen MR) is 113 cm³/mol. The lowest BCUT2D eigenvalue weighted by molar-refractivity contribution is 0.0529. The first-order valence-corrected chi connectivity index (χ1v) is 9.42. The summed E-state index contributed by atoms with van der Waals surface area (Å²) in [5.41, 5.74) is 2.18. The van der Waals surface area contributed by atoms with Gasteiger partial charge >= 0.3 is 5.97 Å². The molecule has 0 radical (unpaired) electrons. The van der Waals surface area contributed by atoms with Crippen molar-refractivity contribution in [2.45, 2.75) is 6.92 Å². The van der Waals surface area contributed by atoms with Crippen molar-refractivity contribution in [3.8, 4) is 28.6 Å². The van der Waals surface area contributed by atoms with E-state index in [-0.39, 0.29) is 12.2 Å². The van der Waals surface area contributed by atoms with Crippen LogP contribution in [-0.4, -0.2) is 24.3 Å². The minimum atomic E-state index is -0.518. The van der Waals surface area contributed by atoms with Gasteiger partial charge in [-0.15, -0.1) is 0 Å². The second-order valence-corrected chi connectivity index (χ2v) is 6.61. The number of fused-ring (bicyclic) bond motifs is 3. The number of hydrogen-bond acceptors (Lipinski definition) is 5. The summed E-state index contributed by atoms with van der Waals surface area (Å²) in [5.74, 6) is 0.150. The third kappa shape index (κ3) is 2.97. The van der Waals surface area contributed by atoms with E-state index in [9.17, 15) is 14.9 Å². The highest BCUT2D eigenvalue weighted by atomic mass is 16.5. The van der Waals surface area contributed by atoms with Gasteiger partial charge in [0.1, 0.15) is 17.4 Å². The SMILES string of the molecule is CCOC(=O)c1c2cccccc-2c2c(=O)c(C#N)cn(-c3ccc(OC)cc3)c12. The van der Waals surface area contributed by atoms with Gasteiger partial charge in [-0.05, 0) is 42.3 Å². The number of rotatable bonds is 4. The molecule has 0 unspecified atom stereocenters. The van der Waals surface area contributed by atoms with Crippen LogP contribution in [-0.2, 0) is 4.74 Å². The summed E-state index contributed by atoms with van der Waals surface area (Å²) in [4.78, 5) is 26.1. The fourth-order valence-corrected chi connectivity index (χ4v) is 3.66. The van der Waals surface area contributed by atoms with Gasteiger partial charge in [-0.3, -0.25) is 4.79 Å². The predicted octanol–water partition coefficient (Wildman–Crippen LogP) is 4.15. The number of nitrogens with zero attached hydrogens (tertiary/aromatic N) is 2. The average Bonchev–Trinajstić information content (AvgIpc) is 2.91. The van der Waals surface area contributed by atoms with Crippen molar-refractivity contribution in [2.24, 2.45) is 0 Å². The van der Waals surface area contributed by atoms with E-state index in [0.717, 1.165) is 0 Å². The highest BCUT2D eigenvalue weighted by molar-refractivity contribution is 6.17. The second kappa shape index (κ2) is 7.72. The molecule has 0 N–H and O–H groups in total. The van der Waals surface area contributed by atoms with E-state index < -0.39 is 11.4 Å². The molecule has 30 heavy (non-hydrogen) atoms. The van der Waals surface area contributed by atoms with Gasteiger partial charge in [0.15, 0.2) is 0 Å². The van der Waals surface area contributed by atoms with Crippen LogP contribution in [0.25, 0.3) is 27.7 Å². The Morgan fingerprint density at radius 1 is 1.07 bits per heavy atom. The minimum Gasteiger partial charge on any atom is -0.497 e. The first-order chi connectivity index (χ1) is 14.6. The molecule has 2 aromatic rings. The van der Waals surface area contributed by atoms with Gasteiger partial charge in [0.25, 0.3) is 0 Å². The largest absolute Gasteiger partial charge is 0.497 e. The Morgan fingerprint density at radius 3 is 2.40 bits per heavy atom. The maximum absolute atomic E-state index is 13.1. The van der Waals surface area contributed by atoms with E-state index in [2.05, 4.69) is 0 Å². The van der Waals surface area contributed by atoms with E-state index in [1.807, 2.05) is 12.1 Å². The fourth-order valence-electron chi connectivity index (χ4n) is 3.66. The molecular formula is C24H18N2O4. The van der Waals surface area contributed by atoms with Gasteiger partial charge in [0.05, 0.1) is 30.2 Å². The number of pyridine rings is 1. The summed E-state index contributed by atoms with van der Waals surface area (Å²) in [5, 5.41) is 9.90. The van der Waals surface area contributed by atoms with Crippen LogP contribution in [0.3, 0.4) is 0 Å². The Kier molecular flexibility index (Phi) is 4.95. The highest BCUT2D eigenvalue weighted by Gasteiger charge is 2.28. The van der Waals surface area contributed by atoms with Crippen LogP contribution in [0.5, 0.6) is 5.75 Å². The molecule has 0 amide bonds. The van der Waals surface area contributed by atoms with E-state index >= 15 is 0 Å². The van der Waals surface area contributed by atoms with Crippen molar-refractivity contribution < 1.29 is 14.3 Å². The highest BCUT2D eigenvalue weighted by Crippen LogP contribution is 2.38. The molecule has 2 aliphatic rings. The number of nitriles is 1. The van der Waals surface area contributed by atoms with Crippen molar-refractivity contribution in [1.82, 2.24) is 4.57 Å². The van der Waals surface area contributed by atoms with Crippen molar-refractivity contribution in [3.63, 3.8) is 0 Å². The van der Waals surface area contributed by atoms with Gasteiger partial charge in [0.2, 0.25) is 5.43 Å². The molecule has 1 aromatic heterocycles. The topological polar surface area (TPSA) is 81.3 Å². The van der Waals surface area contributed by atoms with E-state index in [1.165, 1.54) is 6.20 Å². The molecule has 1 heterocycles. The maximum Gasteiger partial charge on any atom is 0.340 e. The van der Waals surface area contributed by atoms with Gasteiger partial charge in [-0.1, -0.05) is 30.3 Å². The van der Waals surface area contributed by atoms with Crippen molar-refractivity contribution >= 4 is 16.9 Å². The molecule has 148 valence electrons. The maximum atomic E-state index is 13.1. The first-order valence-electron chi connectivity index (χ1n) is 9.42. The normalized spacial score (nSPS) is 10.7. The lowest BCUT2D eigenvalue weighted by atomic mass is 10.1. The monoisotopic (exact) mass is 398 g/mol. The Balaban J connectivity index is 2.21. The molecule has 6 nitrogen and oxygen atoms in total. The number of benzene rings is 1. The third-order valence-corrected chi connectivity index (χ3v) is 4.97. The van der Waals surface area contributed by atoms with E-state index in [4.69, 9.17) is 9.47 Å². The van der Waals surface area contributed by atoms with Crippen LogP contribution in [0.4, 0.5) is 0 Å². The zero-order valence-corrected chi connectivity index (χ0v) is 16.5. The van der Waals surface area contributed by atoms with Gasteiger partial charge in [0, 0.05) is 11.9 Å². The summed E-state index contributed by atoms with van der Waals surface area (Å²) in [6.07, 6.45) is 1.47.